The van der Waals surface area contributed by atoms with Crippen molar-refractivity contribution in [3.8, 4) is 0 Å². The number of nitrogens with one attached hydrogen (secondary N) is 2. The van der Waals surface area contributed by atoms with E-state index in [-0.39, 0.29) is 0 Å². The fraction of sp³-hybridized carbons (Fsp3) is 0.773. The van der Waals surface area contributed by atoms with Gasteiger partial charge in [-0.2, -0.15) is 11.8 Å². The zero-order chi connectivity index (χ0) is 19.9. The standard InChI is InChI=1S/C22H37N5S2/c1-2-23-21(25-19-7-11-26(12-8-19)20-6-5-15-29-20)24-18-22(9-3-4-10-22)27-13-16-28-17-14-27/h5-6,15,19H,2-4,7-14,16-18H2,1H3,(H2,23,24,25). The first-order valence-electron chi connectivity index (χ1n) is 11.5. The molecule has 5 nitrogen and oxygen atoms in total. The number of thiophene rings is 1. The van der Waals surface area contributed by atoms with Crippen molar-refractivity contribution in [2.24, 2.45) is 4.99 Å². The van der Waals surface area contributed by atoms with Gasteiger partial charge in [-0.05, 0) is 50.1 Å². The van der Waals surface area contributed by atoms with E-state index in [1.165, 1.54) is 68.1 Å². The van der Waals surface area contributed by atoms with Crippen molar-refractivity contribution < 1.29 is 0 Å². The van der Waals surface area contributed by atoms with E-state index in [0.29, 0.717) is 11.6 Å². The van der Waals surface area contributed by atoms with E-state index in [4.69, 9.17) is 4.99 Å². The largest absolute Gasteiger partial charge is 0.363 e. The van der Waals surface area contributed by atoms with E-state index in [2.05, 4.69) is 56.6 Å². The lowest BCUT2D eigenvalue weighted by molar-refractivity contribution is 0.112. The second-order valence-corrected chi connectivity index (χ2v) is 10.7. The lowest BCUT2D eigenvalue weighted by Crippen LogP contribution is -2.54. The summed E-state index contributed by atoms with van der Waals surface area (Å²) in [7, 11) is 0. The third kappa shape index (κ3) is 5.42. The smallest absolute Gasteiger partial charge is 0.191 e. The number of thioether (sulfide) groups is 1. The van der Waals surface area contributed by atoms with Crippen LogP contribution < -0.4 is 15.5 Å². The molecule has 0 radical (unpaired) electrons. The molecule has 1 aromatic rings. The van der Waals surface area contributed by atoms with Crippen molar-refractivity contribution in [1.29, 1.82) is 0 Å². The topological polar surface area (TPSA) is 42.9 Å². The van der Waals surface area contributed by atoms with Crippen LogP contribution in [0.4, 0.5) is 5.00 Å². The number of guanidine groups is 1. The minimum absolute atomic E-state index is 0.311. The Kier molecular flexibility index (Phi) is 7.65. The van der Waals surface area contributed by atoms with Gasteiger partial charge in [-0.1, -0.05) is 12.8 Å². The summed E-state index contributed by atoms with van der Waals surface area (Å²) >= 11 is 3.96. The number of aliphatic imine (C=N–C) groups is 1. The van der Waals surface area contributed by atoms with Crippen LogP contribution in [0.25, 0.3) is 0 Å². The molecule has 0 unspecified atom stereocenters. The molecule has 162 valence electrons. The van der Waals surface area contributed by atoms with Crippen molar-refractivity contribution in [2.45, 2.75) is 57.0 Å². The summed E-state index contributed by atoms with van der Waals surface area (Å²) in [4.78, 5) is 10.4. The van der Waals surface area contributed by atoms with Gasteiger partial charge in [0.15, 0.2) is 5.96 Å². The summed E-state index contributed by atoms with van der Waals surface area (Å²) in [6.45, 7) is 8.79. The molecule has 1 aliphatic carbocycles. The lowest BCUT2D eigenvalue weighted by atomic mass is 9.95. The van der Waals surface area contributed by atoms with Crippen LogP contribution in [0.5, 0.6) is 0 Å². The molecule has 2 N–H and O–H groups in total. The van der Waals surface area contributed by atoms with Crippen LogP contribution in [-0.4, -0.2) is 73.2 Å². The van der Waals surface area contributed by atoms with Crippen LogP contribution in [0.3, 0.4) is 0 Å². The van der Waals surface area contributed by atoms with Gasteiger partial charge in [-0.15, -0.1) is 11.3 Å². The monoisotopic (exact) mass is 435 g/mol. The molecule has 3 fully saturated rings. The minimum Gasteiger partial charge on any atom is -0.363 e. The second kappa shape index (κ2) is 10.4. The average Bonchev–Trinajstić information content (AvgIpc) is 3.47. The van der Waals surface area contributed by atoms with Gasteiger partial charge in [-0.25, -0.2) is 0 Å². The summed E-state index contributed by atoms with van der Waals surface area (Å²) in [5.41, 5.74) is 0.311. The highest BCUT2D eigenvalue weighted by molar-refractivity contribution is 7.99. The maximum atomic E-state index is 5.14. The first-order valence-corrected chi connectivity index (χ1v) is 13.5. The van der Waals surface area contributed by atoms with Crippen LogP contribution in [0, 0.1) is 0 Å². The van der Waals surface area contributed by atoms with E-state index >= 15 is 0 Å². The molecule has 2 saturated heterocycles. The summed E-state index contributed by atoms with van der Waals surface area (Å²) < 4.78 is 0. The third-order valence-electron chi connectivity index (χ3n) is 6.75. The zero-order valence-electron chi connectivity index (χ0n) is 17.9. The zero-order valence-corrected chi connectivity index (χ0v) is 19.5. The summed E-state index contributed by atoms with van der Waals surface area (Å²) in [5.74, 6) is 3.60. The molecule has 4 rings (SSSR count). The Balaban J connectivity index is 1.35. The van der Waals surface area contributed by atoms with Gasteiger partial charge < -0.3 is 15.5 Å². The first-order chi connectivity index (χ1) is 14.3. The van der Waals surface area contributed by atoms with Crippen molar-refractivity contribution >= 4 is 34.1 Å². The molecule has 1 saturated carbocycles. The van der Waals surface area contributed by atoms with Crippen molar-refractivity contribution in [1.82, 2.24) is 15.5 Å². The van der Waals surface area contributed by atoms with Gasteiger partial charge in [0.2, 0.25) is 0 Å². The van der Waals surface area contributed by atoms with Gasteiger partial charge in [0.25, 0.3) is 0 Å². The van der Waals surface area contributed by atoms with E-state index in [1.54, 1.807) is 0 Å². The predicted octanol–water partition coefficient (Wildman–Crippen LogP) is 3.63. The SMILES string of the molecule is CCNC(=NCC1(N2CCSCC2)CCCC1)NC1CCN(c2cccs2)CC1. The van der Waals surface area contributed by atoms with Crippen LogP contribution in [0.2, 0.25) is 0 Å². The predicted molar refractivity (Wildman–Crippen MR) is 129 cm³/mol. The summed E-state index contributed by atoms with van der Waals surface area (Å²) in [5, 5.41) is 10.9. The van der Waals surface area contributed by atoms with Crippen molar-refractivity contribution in [3.63, 3.8) is 0 Å². The first kappa shape index (κ1) is 21.3. The molecule has 0 bridgehead atoms. The third-order valence-corrected chi connectivity index (χ3v) is 8.62. The molecule has 3 heterocycles. The maximum Gasteiger partial charge on any atom is 0.191 e. The minimum atomic E-state index is 0.311. The van der Waals surface area contributed by atoms with E-state index < -0.39 is 0 Å². The highest BCUT2D eigenvalue weighted by Crippen LogP contribution is 2.37. The van der Waals surface area contributed by atoms with Crippen LogP contribution in [0.1, 0.15) is 45.4 Å². The van der Waals surface area contributed by atoms with Gasteiger partial charge in [0.05, 0.1) is 11.5 Å². The Bertz CT molecular complexity index is 628. The molecular formula is C22H37N5S2. The van der Waals surface area contributed by atoms with E-state index in [0.717, 1.165) is 32.1 Å². The number of rotatable bonds is 6. The lowest BCUT2D eigenvalue weighted by Gasteiger charge is -2.42. The van der Waals surface area contributed by atoms with Gasteiger partial charge in [0.1, 0.15) is 0 Å². The molecular weight excluding hydrogens is 398 g/mol. The fourth-order valence-corrected chi connectivity index (χ4v) is 6.77. The Hall–Kier alpha value is -0.920. The van der Waals surface area contributed by atoms with Crippen LogP contribution in [-0.2, 0) is 0 Å². The number of hydrogen-bond acceptors (Lipinski definition) is 5. The second-order valence-electron chi connectivity index (χ2n) is 8.58. The maximum absolute atomic E-state index is 5.14. The number of anilines is 1. The molecule has 0 spiro atoms. The number of piperidine rings is 1. The van der Waals surface area contributed by atoms with Crippen LogP contribution >= 0.6 is 23.1 Å². The Labute approximate surface area is 184 Å². The van der Waals surface area contributed by atoms with E-state index in [9.17, 15) is 0 Å². The summed E-state index contributed by atoms with van der Waals surface area (Å²) in [6.07, 6.45) is 7.72. The molecule has 0 atom stereocenters. The molecule has 29 heavy (non-hydrogen) atoms. The molecule has 2 aliphatic heterocycles. The van der Waals surface area contributed by atoms with Gasteiger partial charge in [0, 0.05) is 55.8 Å². The number of hydrogen-bond donors (Lipinski definition) is 2. The molecule has 0 aromatic carbocycles. The molecule has 7 heteroatoms. The van der Waals surface area contributed by atoms with Gasteiger partial charge >= 0.3 is 0 Å². The Morgan fingerprint density at radius 1 is 1.17 bits per heavy atom. The Morgan fingerprint density at radius 2 is 1.93 bits per heavy atom. The normalized spacial score (nSPS) is 24.0. The summed E-state index contributed by atoms with van der Waals surface area (Å²) in [6, 6.07) is 4.92. The Morgan fingerprint density at radius 3 is 2.59 bits per heavy atom. The highest BCUT2D eigenvalue weighted by Gasteiger charge is 2.40. The van der Waals surface area contributed by atoms with E-state index in [1.807, 2.05) is 11.3 Å². The quantitative estimate of drug-likeness (QED) is 0.528. The number of nitrogens with zero attached hydrogens (tertiary/aromatic N) is 3. The van der Waals surface area contributed by atoms with Crippen molar-refractivity contribution in [3.05, 3.63) is 17.5 Å². The van der Waals surface area contributed by atoms with Crippen molar-refractivity contribution in [2.75, 3.05) is 55.7 Å². The van der Waals surface area contributed by atoms with Crippen LogP contribution in [0.15, 0.2) is 22.5 Å². The fourth-order valence-electron chi connectivity index (χ4n) is 5.08. The average molecular weight is 436 g/mol. The molecule has 3 aliphatic rings. The molecule has 0 amide bonds. The molecule has 1 aromatic heterocycles. The highest BCUT2D eigenvalue weighted by atomic mass is 32.2. The van der Waals surface area contributed by atoms with Gasteiger partial charge in [-0.3, -0.25) is 9.89 Å².